The predicted molar refractivity (Wildman–Crippen MR) is 61.4 cm³/mol. The Morgan fingerprint density at radius 1 is 1.39 bits per heavy atom. The van der Waals surface area contributed by atoms with Crippen LogP contribution in [-0.2, 0) is 4.74 Å². The molecule has 8 nitrogen and oxygen atoms in total. The number of nitrogens with zero attached hydrogens (tertiary/aromatic N) is 3. The molecule has 0 aromatic carbocycles. The van der Waals surface area contributed by atoms with Gasteiger partial charge in [-0.15, -0.1) is 0 Å². The summed E-state index contributed by atoms with van der Waals surface area (Å²) in [4.78, 5) is 15.0. The second kappa shape index (κ2) is 4.16. The molecule has 0 radical (unpaired) electrons. The van der Waals surface area contributed by atoms with E-state index in [1.807, 2.05) is 0 Å². The van der Waals surface area contributed by atoms with Gasteiger partial charge in [-0.1, -0.05) is 0 Å². The summed E-state index contributed by atoms with van der Waals surface area (Å²) < 4.78 is 5.38. The van der Waals surface area contributed by atoms with Crippen LogP contribution in [0.25, 0.3) is 11.2 Å². The highest BCUT2D eigenvalue weighted by Crippen LogP contribution is 2.28. The van der Waals surface area contributed by atoms with Crippen molar-refractivity contribution in [3.63, 3.8) is 0 Å². The molecule has 2 aromatic heterocycles. The fourth-order valence-electron chi connectivity index (χ4n) is 2.06. The molecule has 3 rings (SSSR count). The summed E-state index contributed by atoms with van der Waals surface area (Å²) in [5, 5.41) is 19.2. The molecule has 5 N–H and O–H groups in total. The zero-order valence-corrected chi connectivity index (χ0v) is 9.45. The number of imidazole rings is 1. The third kappa shape index (κ3) is 1.80. The first-order valence-electron chi connectivity index (χ1n) is 5.59. The lowest BCUT2D eigenvalue weighted by molar-refractivity contribution is -0.127. The lowest BCUT2D eigenvalue weighted by Gasteiger charge is -2.29. The number of H-pyrrole nitrogens is 1. The maximum absolute atomic E-state index is 9.87. The van der Waals surface area contributed by atoms with Gasteiger partial charge in [0.25, 0.3) is 0 Å². The number of fused-ring (bicyclic) bond motifs is 1. The first-order chi connectivity index (χ1) is 8.65. The van der Waals surface area contributed by atoms with E-state index in [1.165, 1.54) is 6.33 Å². The third-order valence-corrected chi connectivity index (χ3v) is 2.94. The quantitative estimate of drug-likeness (QED) is 0.517. The lowest BCUT2D eigenvalue weighted by Crippen LogP contribution is -2.36. The highest BCUT2D eigenvalue weighted by Gasteiger charge is 2.32. The zero-order valence-electron chi connectivity index (χ0n) is 9.45. The average molecular weight is 251 g/mol. The zero-order chi connectivity index (χ0) is 12.7. The van der Waals surface area contributed by atoms with Gasteiger partial charge >= 0.3 is 0 Å². The van der Waals surface area contributed by atoms with Crippen LogP contribution in [0.1, 0.15) is 18.3 Å². The molecule has 18 heavy (non-hydrogen) atoms. The monoisotopic (exact) mass is 251 g/mol. The molecule has 1 fully saturated rings. The number of anilines is 1. The number of aliphatic hydroxyl groups is 2. The number of hydrogen-bond acceptors (Lipinski definition) is 7. The number of aliphatic hydroxyl groups excluding tert-OH is 2. The molecule has 96 valence electrons. The number of aromatic nitrogens is 4. The van der Waals surface area contributed by atoms with Crippen molar-refractivity contribution in [3.8, 4) is 0 Å². The van der Waals surface area contributed by atoms with Crippen LogP contribution in [0.5, 0.6) is 0 Å². The van der Waals surface area contributed by atoms with Crippen molar-refractivity contribution in [2.24, 2.45) is 0 Å². The summed E-state index contributed by atoms with van der Waals surface area (Å²) >= 11 is 0. The van der Waals surface area contributed by atoms with Gasteiger partial charge in [0.15, 0.2) is 11.5 Å². The number of nitrogens with one attached hydrogen (secondary N) is 1. The van der Waals surface area contributed by atoms with E-state index < -0.39 is 18.3 Å². The molecule has 8 heteroatoms. The maximum atomic E-state index is 9.87. The van der Waals surface area contributed by atoms with Crippen LogP contribution in [0.4, 0.5) is 5.82 Å². The van der Waals surface area contributed by atoms with Gasteiger partial charge in [-0.3, -0.25) is 0 Å². The SMILES string of the molecule is Nc1ncnc2nc([C@@H]3OC[C@@H](O)C[C@@H]3O)[nH]c12. The Morgan fingerprint density at radius 3 is 2.94 bits per heavy atom. The molecule has 0 aliphatic carbocycles. The topological polar surface area (TPSA) is 130 Å². The Bertz CT molecular complexity index is 572. The van der Waals surface area contributed by atoms with Crippen molar-refractivity contribution in [1.82, 2.24) is 19.9 Å². The number of ether oxygens (including phenoxy) is 1. The van der Waals surface area contributed by atoms with E-state index in [1.54, 1.807) is 0 Å². The fourth-order valence-corrected chi connectivity index (χ4v) is 2.06. The summed E-state index contributed by atoms with van der Waals surface area (Å²) in [6.45, 7) is 0.167. The Kier molecular flexibility index (Phi) is 2.62. The minimum Gasteiger partial charge on any atom is -0.391 e. The smallest absolute Gasteiger partial charge is 0.183 e. The van der Waals surface area contributed by atoms with E-state index in [9.17, 15) is 10.2 Å². The van der Waals surface area contributed by atoms with Crippen LogP contribution in [0.3, 0.4) is 0 Å². The first-order valence-corrected chi connectivity index (χ1v) is 5.59. The number of nitrogen functional groups attached to an aromatic ring is 1. The van der Waals surface area contributed by atoms with Crippen LogP contribution in [0.15, 0.2) is 6.33 Å². The minimum absolute atomic E-state index is 0.167. The summed E-state index contributed by atoms with van der Waals surface area (Å²) in [5.74, 6) is 0.737. The highest BCUT2D eigenvalue weighted by molar-refractivity contribution is 5.81. The van der Waals surface area contributed by atoms with E-state index in [2.05, 4.69) is 19.9 Å². The van der Waals surface area contributed by atoms with E-state index in [0.29, 0.717) is 22.8 Å². The summed E-state index contributed by atoms with van der Waals surface area (Å²) in [6, 6.07) is 0. The van der Waals surface area contributed by atoms with Crippen LogP contribution in [0.2, 0.25) is 0 Å². The van der Waals surface area contributed by atoms with Crippen molar-refractivity contribution in [2.45, 2.75) is 24.7 Å². The van der Waals surface area contributed by atoms with E-state index >= 15 is 0 Å². The molecule has 2 aromatic rings. The predicted octanol–water partition coefficient (Wildman–Crippen LogP) is -0.882. The van der Waals surface area contributed by atoms with Gasteiger partial charge < -0.3 is 25.7 Å². The molecule has 3 atom stereocenters. The molecule has 1 saturated heterocycles. The molecule has 3 heterocycles. The van der Waals surface area contributed by atoms with Crippen molar-refractivity contribution in [3.05, 3.63) is 12.2 Å². The second-order valence-corrected chi connectivity index (χ2v) is 4.29. The third-order valence-electron chi connectivity index (χ3n) is 2.94. The molecule has 0 spiro atoms. The molecule has 0 bridgehead atoms. The number of rotatable bonds is 1. The molecule has 1 aliphatic heterocycles. The summed E-state index contributed by atoms with van der Waals surface area (Å²) in [7, 11) is 0. The van der Waals surface area contributed by atoms with Gasteiger partial charge in [-0.05, 0) is 0 Å². The minimum atomic E-state index is -0.816. The highest BCUT2D eigenvalue weighted by atomic mass is 16.5. The molecule has 0 saturated carbocycles. The molecule has 0 unspecified atom stereocenters. The number of hydrogen-bond donors (Lipinski definition) is 4. The number of aromatic amines is 1. The standard InChI is InChI=1S/C10H13N5O3/c11-8-6-9(13-3-12-8)15-10(14-6)7-5(17)1-4(16)2-18-7/h3-5,7,16-17H,1-2H2,(H3,11,12,13,14,15)/t4-,5-,7+/m0/s1. The normalized spacial score (nSPS) is 28.7. The lowest BCUT2D eigenvalue weighted by atomic mass is 10.0. The fraction of sp³-hybridized carbons (Fsp3) is 0.500. The van der Waals surface area contributed by atoms with Crippen molar-refractivity contribution < 1.29 is 14.9 Å². The molecular formula is C10H13N5O3. The molecule has 0 amide bonds. The van der Waals surface area contributed by atoms with Crippen molar-refractivity contribution in [2.75, 3.05) is 12.3 Å². The second-order valence-electron chi connectivity index (χ2n) is 4.29. The van der Waals surface area contributed by atoms with Gasteiger partial charge in [-0.2, -0.15) is 0 Å². The summed E-state index contributed by atoms with van der Waals surface area (Å²) in [5.41, 5.74) is 6.64. The van der Waals surface area contributed by atoms with Crippen molar-refractivity contribution in [1.29, 1.82) is 0 Å². The maximum Gasteiger partial charge on any atom is 0.183 e. The van der Waals surface area contributed by atoms with Crippen LogP contribution in [0, 0.1) is 0 Å². The Hall–Kier alpha value is -1.77. The average Bonchev–Trinajstić information content (AvgIpc) is 2.74. The Morgan fingerprint density at radius 2 is 2.22 bits per heavy atom. The van der Waals surface area contributed by atoms with Crippen LogP contribution < -0.4 is 5.73 Å². The van der Waals surface area contributed by atoms with Gasteiger partial charge in [0.05, 0.1) is 18.8 Å². The first kappa shape index (κ1) is 11.3. The Labute approximate surface area is 102 Å². The molecule has 1 aliphatic rings. The van der Waals surface area contributed by atoms with Crippen LogP contribution >= 0.6 is 0 Å². The van der Waals surface area contributed by atoms with E-state index in [-0.39, 0.29) is 13.0 Å². The number of nitrogens with two attached hydrogens (primary N) is 1. The van der Waals surface area contributed by atoms with Gasteiger partial charge in [0.1, 0.15) is 23.8 Å². The van der Waals surface area contributed by atoms with E-state index in [0.717, 1.165) is 0 Å². The van der Waals surface area contributed by atoms with Gasteiger partial charge in [-0.25, -0.2) is 15.0 Å². The van der Waals surface area contributed by atoms with Gasteiger partial charge in [0, 0.05) is 6.42 Å². The molecular weight excluding hydrogens is 238 g/mol. The van der Waals surface area contributed by atoms with Crippen molar-refractivity contribution >= 4 is 17.0 Å². The van der Waals surface area contributed by atoms with Gasteiger partial charge in [0.2, 0.25) is 0 Å². The Balaban J connectivity index is 1.97. The summed E-state index contributed by atoms with van der Waals surface area (Å²) in [6.07, 6.45) is -0.497. The van der Waals surface area contributed by atoms with Crippen LogP contribution in [-0.4, -0.2) is 49.0 Å². The largest absolute Gasteiger partial charge is 0.391 e. The van der Waals surface area contributed by atoms with E-state index in [4.69, 9.17) is 10.5 Å².